The van der Waals surface area contributed by atoms with E-state index >= 15 is 0 Å². The molecule has 0 aliphatic heterocycles. The number of amides is 1. The Bertz CT molecular complexity index is 1560. The van der Waals surface area contributed by atoms with Gasteiger partial charge in [-0.15, -0.1) is 0 Å². The Morgan fingerprint density at radius 3 is 2.25 bits per heavy atom. The molecule has 0 saturated carbocycles. The topological polar surface area (TPSA) is 80.6 Å². The highest BCUT2D eigenvalue weighted by molar-refractivity contribution is 6.37. The van der Waals surface area contributed by atoms with Gasteiger partial charge in [0.1, 0.15) is 24.9 Å². The van der Waals surface area contributed by atoms with Crippen LogP contribution in [0.2, 0.25) is 15.1 Å². The fourth-order valence-electron chi connectivity index (χ4n) is 3.69. The van der Waals surface area contributed by atoms with E-state index < -0.39 is 5.91 Å². The molecule has 0 aliphatic rings. The van der Waals surface area contributed by atoms with E-state index in [1.54, 1.807) is 43.5 Å². The van der Waals surface area contributed by atoms with Crippen molar-refractivity contribution in [1.82, 2.24) is 0 Å². The lowest BCUT2D eigenvalue weighted by Gasteiger charge is -2.14. The van der Waals surface area contributed by atoms with Crippen molar-refractivity contribution in [2.45, 2.75) is 13.2 Å². The second kappa shape index (κ2) is 13.8. The number of nitriles is 1. The van der Waals surface area contributed by atoms with Crippen LogP contribution in [0.15, 0.2) is 90.5 Å². The summed E-state index contributed by atoms with van der Waals surface area (Å²) in [4.78, 5) is 12.6. The van der Waals surface area contributed by atoms with Gasteiger partial charge in [0.2, 0.25) is 0 Å². The van der Waals surface area contributed by atoms with E-state index in [2.05, 4.69) is 5.32 Å². The second-order valence-electron chi connectivity index (χ2n) is 8.50. The van der Waals surface area contributed by atoms with Gasteiger partial charge in [0.25, 0.3) is 5.91 Å². The molecule has 202 valence electrons. The van der Waals surface area contributed by atoms with Gasteiger partial charge < -0.3 is 19.5 Å². The van der Waals surface area contributed by atoms with Crippen molar-refractivity contribution in [2.24, 2.45) is 0 Å². The first kappa shape index (κ1) is 28.8. The zero-order valence-electron chi connectivity index (χ0n) is 21.3. The lowest BCUT2D eigenvalue weighted by molar-refractivity contribution is -0.112. The number of hydrogen-bond donors (Lipinski definition) is 1. The molecule has 9 heteroatoms. The molecule has 4 aromatic carbocycles. The van der Waals surface area contributed by atoms with Crippen molar-refractivity contribution in [3.8, 4) is 23.3 Å². The van der Waals surface area contributed by atoms with Crippen LogP contribution in [0, 0.1) is 11.3 Å². The normalized spacial score (nSPS) is 10.9. The molecular weight excluding hydrogens is 571 g/mol. The maximum absolute atomic E-state index is 12.6. The predicted molar refractivity (Wildman–Crippen MR) is 158 cm³/mol. The van der Waals surface area contributed by atoms with Crippen LogP contribution in [0.5, 0.6) is 17.2 Å². The van der Waals surface area contributed by atoms with Gasteiger partial charge in [-0.3, -0.25) is 4.79 Å². The van der Waals surface area contributed by atoms with Crippen LogP contribution in [0.25, 0.3) is 6.08 Å². The molecule has 0 aromatic heterocycles. The largest absolute Gasteiger partial charge is 0.493 e. The molecule has 0 bridgehead atoms. The summed E-state index contributed by atoms with van der Waals surface area (Å²) in [5.41, 5.74) is 2.64. The Hall–Kier alpha value is -4.15. The number of anilines is 1. The number of hydrogen-bond acceptors (Lipinski definition) is 5. The lowest BCUT2D eigenvalue weighted by atomic mass is 10.1. The second-order valence-corrected chi connectivity index (χ2v) is 9.75. The maximum Gasteiger partial charge on any atom is 0.266 e. The number of nitrogens with zero attached hydrogens (tertiary/aromatic N) is 1. The summed E-state index contributed by atoms with van der Waals surface area (Å²) in [6.07, 6.45) is 1.39. The summed E-state index contributed by atoms with van der Waals surface area (Å²) in [6.45, 7) is 0.574. The monoisotopic (exact) mass is 592 g/mol. The molecule has 1 N–H and O–H groups in total. The SMILES string of the molecule is COc1cc(COc2c(Cl)cc(/C=C(/C#N)C(=O)Nc3cccc(Cl)c3)cc2Cl)ccc1OCc1ccccc1. The van der Waals surface area contributed by atoms with Crippen LogP contribution >= 0.6 is 34.8 Å². The summed E-state index contributed by atoms with van der Waals surface area (Å²) < 4.78 is 17.3. The van der Waals surface area contributed by atoms with E-state index in [9.17, 15) is 10.1 Å². The van der Waals surface area contributed by atoms with Gasteiger partial charge in [0.05, 0.1) is 17.2 Å². The third-order valence-corrected chi connectivity index (χ3v) is 6.42. The van der Waals surface area contributed by atoms with Crippen LogP contribution < -0.4 is 19.5 Å². The van der Waals surface area contributed by atoms with Crippen LogP contribution in [-0.4, -0.2) is 13.0 Å². The van der Waals surface area contributed by atoms with Gasteiger partial charge >= 0.3 is 0 Å². The van der Waals surface area contributed by atoms with Crippen molar-refractivity contribution in [3.05, 3.63) is 122 Å². The third-order valence-electron chi connectivity index (χ3n) is 5.63. The van der Waals surface area contributed by atoms with Gasteiger partial charge in [0.15, 0.2) is 17.2 Å². The molecule has 0 radical (unpaired) electrons. The summed E-state index contributed by atoms with van der Waals surface area (Å²) >= 11 is 18.9. The van der Waals surface area contributed by atoms with Gasteiger partial charge in [-0.1, -0.05) is 77.3 Å². The van der Waals surface area contributed by atoms with Crippen LogP contribution in [-0.2, 0) is 18.0 Å². The minimum Gasteiger partial charge on any atom is -0.493 e. The maximum atomic E-state index is 12.6. The zero-order valence-corrected chi connectivity index (χ0v) is 23.6. The third kappa shape index (κ3) is 7.71. The predicted octanol–water partition coefficient (Wildman–Crippen LogP) is 8.36. The number of nitrogens with one attached hydrogen (secondary N) is 1. The Morgan fingerprint density at radius 2 is 1.57 bits per heavy atom. The van der Waals surface area contributed by atoms with Gasteiger partial charge in [-0.25, -0.2) is 0 Å². The molecule has 0 fully saturated rings. The molecule has 0 saturated heterocycles. The van der Waals surface area contributed by atoms with Crippen LogP contribution in [0.4, 0.5) is 5.69 Å². The quantitative estimate of drug-likeness (QED) is 0.148. The standard InChI is InChI=1S/C31H23Cl3N2O4/c1-38-29-15-21(10-11-28(29)39-18-20-6-3-2-4-7-20)19-40-30-26(33)13-22(14-27(30)34)12-23(17-35)31(37)36-25-9-5-8-24(32)16-25/h2-16H,18-19H2,1H3,(H,36,37)/b23-12-. The highest BCUT2D eigenvalue weighted by Gasteiger charge is 2.14. The molecule has 1 amide bonds. The number of halogens is 3. The average molecular weight is 594 g/mol. The first-order valence-electron chi connectivity index (χ1n) is 12.0. The van der Waals surface area contributed by atoms with Crippen LogP contribution in [0.1, 0.15) is 16.7 Å². The highest BCUT2D eigenvalue weighted by atomic mass is 35.5. The molecule has 4 rings (SSSR count). The van der Waals surface area contributed by atoms with Crippen molar-refractivity contribution in [1.29, 1.82) is 5.26 Å². The zero-order chi connectivity index (χ0) is 28.5. The van der Waals surface area contributed by atoms with Gasteiger partial charge in [0, 0.05) is 10.7 Å². The molecule has 0 atom stereocenters. The highest BCUT2D eigenvalue weighted by Crippen LogP contribution is 2.36. The first-order chi connectivity index (χ1) is 19.4. The fraction of sp³-hybridized carbons (Fsp3) is 0.0968. The molecule has 40 heavy (non-hydrogen) atoms. The van der Waals surface area contributed by atoms with Gasteiger partial charge in [-0.2, -0.15) is 5.26 Å². The van der Waals surface area contributed by atoms with Crippen molar-refractivity contribution < 1.29 is 19.0 Å². The molecular formula is C31H23Cl3N2O4. The molecule has 0 unspecified atom stereocenters. The number of benzene rings is 4. The lowest BCUT2D eigenvalue weighted by Crippen LogP contribution is -2.13. The Kier molecular flexibility index (Phi) is 9.93. The molecule has 6 nitrogen and oxygen atoms in total. The summed E-state index contributed by atoms with van der Waals surface area (Å²) in [7, 11) is 1.57. The van der Waals surface area contributed by atoms with E-state index in [-0.39, 0.29) is 28.0 Å². The minimum absolute atomic E-state index is 0.137. The summed E-state index contributed by atoms with van der Waals surface area (Å²) in [6, 6.07) is 27.0. The van der Waals surface area contributed by atoms with Crippen molar-refractivity contribution in [2.75, 3.05) is 12.4 Å². The van der Waals surface area contributed by atoms with Gasteiger partial charge in [-0.05, 0) is 65.2 Å². The molecule has 0 spiro atoms. The van der Waals surface area contributed by atoms with E-state index in [0.717, 1.165) is 11.1 Å². The Balaban J connectivity index is 1.43. The van der Waals surface area contributed by atoms with Crippen molar-refractivity contribution >= 4 is 52.5 Å². The first-order valence-corrected chi connectivity index (χ1v) is 13.1. The number of carbonyl (C=O) groups excluding carboxylic acids is 1. The van der Waals surface area contributed by atoms with E-state index in [4.69, 9.17) is 49.0 Å². The number of carbonyl (C=O) groups is 1. The van der Waals surface area contributed by atoms with Crippen molar-refractivity contribution in [3.63, 3.8) is 0 Å². The van der Waals surface area contributed by atoms with E-state index in [1.807, 2.05) is 54.6 Å². The number of ether oxygens (including phenoxy) is 3. The summed E-state index contributed by atoms with van der Waals surface area (Å²) in [5.74, 6) is 0.845. The minimum atomic E-state index is -0.595. The Morgan fingerprint density at radius 1 is 0.850 bits per heavy atom. The average Bonchev–Trinajstić information content (AvgIpc) is 2.95. The smallest absolute Gasteiger partial charge is 0.266 e. The van der Waals surface area contributed by atoms with Crippen LogP contribution in [0.3, 0.4) is 0 Å². The fourth-order valence-corrected chi connectivity index (χ4v) is 4.50. The summed E-state index contributed by atoms with van der Waals surface area (Å²) in [5, 5.41) is 13.1. The Labute approximate surface area is 247 Å². The van der Waals surface area contributed by atoms with E-state index in [0.29, 0.717) is 34.4 Å². The number of methoxy groups -OCH3 is 1. The number of rotatable bonds is 10. The molecule has 0 heterocycles. The molecule has 0 aliphatic carbocycles. The van der Waals surface area contributed by atoms with E-state index in [1.165, 1.54) is 6.08 Å². The molecule has 4 aromatic rings.